The number of nitrogens with zero attached hydrogens (tertiary/aromatic N) is 3. The van der Waals surface area contributed by atoms with E-state index in [9.17, 15) is 19.7 Å². The van der Waals surface area contributed by atoms with Gasteiger partial charge in [-0.15, -0.1) is 0 Å². The van der Waals surface area contributed by atoms with Crippen molar-refractivity contribution in [1.29, 1.82) is 0 Å². The standard InChI is InChI=1S/C17H17N5O5/c1-11(20-21-17(24)12-4-3-7-18-10-12)8-16(23)19-14-6-5-13(27-2)9-15(14)22(25)26/h3-7,9-10H,8H2,1-2H3,(H,19,23)(H,21,24)/b20-11-. The summed E-state index contributed by atoms with van der Waals surface area (Å²) in [5.41, 5.74) is 2.71. The molecule has 140 valence electrons. The summed E-state index contributed by atoms with van der Waals surface area (Å²) in [5.74, 6) is -0.677. The lowest BCUT2D eigenvalue weighted by Gasteiger charge is -2.07. The summed E-state index contributed by atoms with van der Waals surface area (Å²) in [5, 5.41) is 17.4. The van der Waals surface area contributed by atoms with Crippen LogP contribution in [0.4, 0.5) is 11.4 Å². The number of methoxy groups -OCH3 is 1. The molecule has 0 spiro atoms. The van der Waals surface area contributed by atoms with Crippen molar-refractivity contribution in [2.75, 3.05) is 12.4 Å². The van der Waals surface area contributed by atoms with E-state index in [2.05, 4.69) is 20.8 Å². The number of benzene rings is 1. The Bertz CT molecular complexity index is 883. The average molecular weight is 371 g/mol. The first-order valence-electron chi connectivity index (χ1n) is 7.76. The number of hydrogen-bond donors (Lipinski definition) is 2. The molecule has 10 nitrogen and oxygen atoms in total. The monoisotopic (exact) mass is 371 g/mol. The highest BCUT2D eigenvalue weighted by Crippen LogP contribution is 2.28. The quantitative estimate of drug-likeness (QED) is 0.435. The number of ether oxygens (including phenoxy) is 1. The number of hydrogen-bond acceptors (Lipinski definition) is 7. The van der Waals surface area contributed by atoms with E-state index >= 15 is 0 Å². The third kappa shape index (κ3) is 5.59. The predicted molar refractivity (Wildman–Crippen MR) is 97.7 cm³/mol. The highest BCUT2D eigenvalue weighted by Gasteiger charge is 2.17. The molecule has 2 N–H and O–H groups in total. The second kappa shape index (κ2) is 9.04. The maximum absolute atomic E-state index is 12.1. The van der Waals surface area contributed by atoms with E-state index in [0.717, 1.165) is 0 Å². The lowest BCUT2D eigenvalue weighted by molar-refractivity contribution is -0.384. The Morgan fingerprint density at radius 1 is 1.33 bits per heavy atom. The number of nitro benzene ring substituents is 1. The molecule has 2 aromatic rings. The van der Waals surface area contributed by atoms with E-state index in [-0.39, 0.29) is 17.8 Å². The van der Waals surface area contributed by atoms with Crippen molar-refractivity contribution in [1.82, 2.24) is 10.4 Å². The average Bonchev–Trinajstić information content (AvgIpc) is 2.66. The number of amides is 2. The molecule has 2 rings (SSSR count). The maximum Gasteiger partial charge on any atom is 0.296 e. The van der Waals surface area contributed by atoms with Gasteiger partial charge in [-0.1, -0.05) is 0 Å². The summed E-state index contributed by atoms with van der Waals surface area (Å²) in [6.07, 6.45) is 2.76. The highest BCUT2D eigenvalue weighted by molar-refractivity contribution is 6.06. The van der Waals surface area contributed by atoms with Gasteiger partial charge < -0.3 is 10.1 Å². The Kier molecular flexibility index (Phi) is 6.53. The first-order valence-corrected chi connectivity index (χ1v) is 7.76. The van der Waals surface area contributed by atoms with E-state index in [4.69, 9.17) is 4.74 Å². The molecule has 0 atom stereocenters. The number of carbonyl (C=O) groups excluding carboxylic acids is 2. The van der Waals surface area contributed by atoms with Gasteiger partial charge in [-0.2, -0.15) is 5.10 Å². The minimum atomic E-state index is -0.618. The van der Waals surface area contributed by atoms with Crippen LogP contribution < -0.4 is 15.5 Å². The molecule has 1 heterocycles. The van der Waals surface area contributed by atoms with Crippen molar-refractivity contribution in [3.63, 3.8) is 0 Å². The maximum atomic E-state index is 12.1. The fraction of sp³-hybridized carbons (Fsp3) is 0.176. The number of carbonyl (C=O) groups is 2. The number of nitrogens with one attached hydrogen (secondary N) is 2. The number of anilines is 1. The Hall–Kier alpha value is -3.82. The molecule has 0 aliphatic rings. The zero-order chi connectivity index (χ0) is 19.8. The second-order valence-electron chi connectivity index (χ2n) is 5.39. The van der Waals surface area contributed by atoms with Gasteiger partial charge in [0.1, 0.15) is 11.4 Å². The molecule has 0 fully saturated rings. The summed E-state index contributed by atoms with van der Waals surface area (Å²) in [7, 11) is 1.39. The van der Waals surface area contributed by atoms with Crippen molar-refractivity contribution in [3.8, 4) is 5.75 Å². The summed E-state index contributed by atoms with van der Waals surface area (Å²) >= 11 is 0. The van der Waals surface area contributed by atoms with Crippen molar-refractivity contribution in [3.05, 3.63) is 58.4 Å². The molecule has 1 aromatic carbocycles. The molecule has 0 aliphatic heterocycles. The van der Waals surface area contributed by atoms with E-state index in [1.54, 1.807) is 19.1 Å². The van der Waals surface area contributed by atoms with Crippen LogP contribution in [0.25, 0.3) is 0 Å². The van der Waals surface area contributed by atoms with Crippen LogP contribution in [-0.4, -0.2) is 34.5 Å². The molecule has 0 bridgehead atoms. The predicted octanol–water partition coefficient (Wildman–Crippen LogP) is 2.13. The second-order valence-corrected chi connectivity index (χ2v) is 5.39. The third-order valence-electron chi connectivity index (χ3n) is 3.36. The topological polar surface area (TPSA) is 136 Å². The summed E-state index contributed by atoms with van der Waals surface area (Å²) in [6, 6.07) is 7.28. The molecular weight excluding hydrogens is 354 g/mol. The molecule has 0 aliphatic carbocycles. The van der Waals surface area contributed by atoms with Crippen LogP contribution in [-0.2, 0) is 4.79 Å². The molecule has 2 amide bonds. The van der Waals surface area contributed by atoms with Crippen LogP contribution >= 0.6 is 0 Å². The molecule has 0 saturated carbocycles. The SMILES string of the molecule is COc1ccc(NC(=O)C/C(C)=N\NC(=O)c2cccnc2)c([N+](=O)[O-])c1. The van der Waals surface area contributed by atoms with Gasteiger partial charge in [-0.25, -0.2) is 5.43 Å². The van der Waals surface area contributed by atoms with Crippen LogP contribution in [0, 0.1) is 10.1 Å². The van der Waals surface area contributed by atoms with Gasteiger partial charge in [0.25, 0.3) is 11.6 Å². The normalized spacial score (nSPS) is 10.8. The molecule has 10 heteroatoms. The lowest BCUT2D eigenvalue weighted by atomic mass is 10.2. The van der Waals surface area contributed by atoms with Gasteiger partial charge in [0.15, 0.2) is 0 Å². The third-order valence-corrected chi connectivity index (χ3v) is 3.36. The van der Waals surface area contributed by atoms with Crippen molar-refractivity contribution >= 4 is 28.9 Å². The number of pyridine rings is 1. The van der Waals surface area contributed by atoms with E-state index < -0.39 is 16.7 Å². The first kappa shape index (κ1) is 19.5. The largest absolute Gasteiger partial charge is 0.496 e. The number of hydrazone groups is 1. The van der Waals surface area contributed by atoms with Gasteiger partial charge in [0.05, 0.1) is 30.1 Å². The summed E-state index contributed by atoms with van der Waals surface area (Å²) < 4.78 is 4.94. The molecule has 0 unspecified atom stereocenters. The van der Waals surface area contributed by atoms with Crippen LogP contribution in [0.3, 0.4) is 0 Å². The number of rotatable bonds is 7. The zero-order valence-electron chi connectivity index (χ0n) is 14.6. The minimum Gasteiger partial charge on any atom is -0.496 e. The van der Waals surface area contributed by atoms with Crippen molar-refractivity contribution in [2.24, 2.45) is 5.10 Å². The van der Waals surface area contributed by atoms with Gasteiger partial charge in [-0.3, -0.25) is 24.7 Å². The van der Waals surface area contributed by atoms with Crippen LogP contribution in [0.15, 0.2) is 47.8 Å². The molecule has 0 radical (unpaired) electrons. The van der Waals surface area contributed by atoms with Crippen molar-refractivity contribution < 1.29 is 19.2 Å². The Labute approximate surface area is 154 Å². The fourth-order valence-electron chi connectivity index (χ4n) is 2.07. The van der Waals surface area contributed by atoms with E-state index in [0.29, 0.717) is 17.0 Å². The lowest BCUT2D eigenvalue weighted by Crippen LogP contribution is -2.21. The molecule has 0 saturated heterocycles. The van der Waals surface area contributed by atoms with Gasteiger partial charge >= 0.3 is 0 Å². The smallest absolute Gasteiger partial charge is 0.296 e. The van der Waals surface area contributed by atoms with Gasteiger partial charge in [0.2, 0.25) is 5.91 Å². The first-order chi connectivity index (χ1) is 12.9. The van der Waals surface area contributed by atoms with E-state index in [1.165, 1.54) is 37.7 Å². The summed E-state index contributed by atoms with van der Waals surface area (Å²) in [6.45, 7) is 1.55. The van der Waals surface area contributed by atoms with Gasteiger partial charge in [0, 0.05) is 18.1 Å². The highest BCUT2D eigenvalue weighted by atomic mass is 16.6. The Balaban J connectivity index is 1.99. The van der Waals surface area contributed by atoms with Gasteiger partial charge in [-0.05, 0) is 31.2 Å². The van der Waals surface area contributed by atoms with Crippen LogP contribution in [0.2, 0.25) is 0 Å². The van der Waals surface area contributed by atoms with Crippen molar-refractivity contribution in [2.45, 2.75) is 13.3 Å². The minimum absolute atomic E-state index is 0.0398. The Morgan fingerprint density at radius 2 is 2.11 bits per heavy atom. The van der Waals surface area contributed by atoms with Crippen LogP contribution in [0.1, 0.15) is 23.7 Å². The number of aromatic nitrogens is 1. The van der Waals surface area contributed by atoms with Crippen LogP contribution in [0.5, 0.6) is 5.75 Å². The summed E-state index contributed by atoms with van der Waals surface area (Å²) in [4.78, 5) is 38.3. The molecular formula is C17H17N5O5. The fourth-order valence-corrected chi connectivity index (χ4v) is 2.07. The number of nitro groups is 1. The van der Waals surface area contributed by atoms with E-state index in [1.807, 2.05) is 0 Å². The Morgan fingerprint density at radius 3 is 2.74 bits per heavy atom. The molecule has 27 heavy (non-hydrogen) atoms. The zero-order valence-corrected chi connectivity index (χ0v) is 14.6. The molecule has 1 aromatic heterocycles.